The van der Waals surface area contributed by atoms with Gasteiger partial charge in [0, 0.05) is 0 Å². The molecule has 118 valence electrons. The minimum Gasteiger partial charge on any atom is -0.388 e. The maximum atomic E-state index is 10.7. The van der Waals surface area contributed by atoms with E-state index in [9.17, 15) is 9.67 Å². The average molecular weight is 345 g/mol. The Morgan fingerprint density at radius 1 is 1.41 bits per heavy atom. The van der Waals surface area contributed by atoms with Crippen molar-refractivity contribution in [1.29, 1.82) is 0 Å². The normalized spacial score (nSPS) is 22.2. The molecule has 0 aliphatic carbocycles. The Balaban J connectivity index is 1.82. The topological polar surface area (TPSA) is 157 Å². The van der Waals surface area contributed by atoms with Gasteiger partial charge < -0.3 is 20.6 Å². The maximum Gasteiger partial charge on any atom is 0.469 e. The first kappa shape index (κ1) is 15.4. The van der Waals surface area contributed by atoms with Crippen LogP contribution in [-0.2, 0) is 9.09 Å². The molecule has 10 nitrogen and oxygen atoms in total. The van der Waals surface area contributed by atoms with Crippen molar-refractivity contribution in [3.63, 3.8) is 0 Å². The zero-order valence-corrected chi connectivity index (χ0v) is 12.7. The molecule has 2 aromatic heterocycles. The van der Waals surface area contributed by atoms with Crippen LogP contribution in [0.2, 0.25) is 0 Å². The highest BCUT2D eigenvalue weighted by Gasteiger charge is 2.31. The van der Waals surface area contributed by atoms with E-state index in [0.29, 0.717) is 16.2 Å². The largest absolute Gasteiger partial charge is 0.469 e. The second kappa shape index (κ2) is 5.61. The van der Waals surface area contributed by atoms with Crippen LogP contribution in [0.3, 0.4) is 0 Å². The molecule has 0 bridgehead atoms. The summed E-state index contributed by atoms with van der Waals surface area (Å²) in [5.74, 6) is 0.245. The molecule has 0 aromatic carbocycles. The molecular formula is C10H12N5O5PS. The van der Waals surface area contributed by atoms with Crippen LogP contribution in [0.4, 0.5) is 5.82 Å². The number of aromatic nitrogens is 4. The Kier molecular flexibility index (Phi) is 3.93. The van der Waals surface area contributed by atoms with Gasteiger partial charge in [0.2, 0.25) is 0 Å². The molecule has 1 aliphatic heterocycles. The second-order valence-corrected chi connectivity index (χ2v) is 6.98. The highest BCUT2D eigenvalue weighted by molar-refractivity contribution is 8.08. The number of rotatable bonds is 4. The molecule has 12 heteroatoms. The van der Waals surface area contributed by atoms with Crippen LogP contribution in [0.5, 0.6) is 0 Å². The lowest BCUT2D eigenvalue weighted by Gasteiger charge is -2.14. The van der Waals surface area contributed by atoms with Crippen molar-refractivity contribution in [2.45, 2.75) is 11.4 Å². The highest BCUT2D eigenvalue weighted by atomic mass is 32.2. The Bertz CT molecular complexity index is 789. The number of fused-ring (bicyclic) bond motifs is 1. The van der Waals surface area contributed by atoms with Gasteiger partial charge in [-0.1, -0.05) is 11.8 Å². The van der Waals surface area contributed by atoms with Gasteiger partial charge in [0.1, 0.15) is 12.7 Å². The number of aliphatic hydroxyl groups excluding tert-OH is 1. The summed E-state index contributed by atoms with van der Waals surface area (Å²) in [5, 5.41) is 10.0. The Labute approximate surface area is 128 Å². The van der Waals surface area contributed by atoms with E-state index in [4.69, 9.17) is 15.5 Å². The van der Waals surface area contributed by atoms with Crippen molar-refractivity contribution >= 4 is 41.6 Å². The van der Waals surface area contributed by atoms with E-state index >= 15 is 0 Å². The fourth-order valence-electron chi connectivity index (χ4n) is 1.97. The Hall–Kier alpha value is -1.49. The van der Waals surface area contributed by atoms with E-state index < -0.39 is 19.2 Å². The molecule has 2 atom stereocenters. The standard InChI is InChI=1S/C10H12N5O5PS/c11-9-8-10(13-3-12-9)15(4-14-8)7-1-5(16)6(22-7)2-20-21(17,18)19/h1,3-6,16H,2H2,(H2,11,12,13)(H2,17,18,19)/t5-,6+/m0/s1. The van der Waals surface area contributed by atoms with Gasteiger partial charge >= 0.3 is 7.82 Å². The number of nitrogens with zero attached hydrogens (tertiary/aromatic N) is 4. The number of aliphatic hydroxyl groups is 1. The molecule has 3 rings (SSSR count). The molecule has 0 radical (unpaired) electrons. The third-order valence-electron chi connectivity index (χ3n) is 2.97. The molecule has 0 unspecified atom stereocenters. The number of nitrogens with two attached hydrogens (primary N) is 1. The third kappa shape index (κ3) is 3.00. The first-order valence-electron chi connectivity index (χ1n) is 6.05. The molecule has 3 heterocycles. The van der Waals surface area contributed by atoms with Crippen molar-refractivity contribution in [3.8, 4) is 0 Å². The average Bonchev–Trinajstić information content (AvgIpc) is 3.00. The van der Waals surface area contributed by atoms with Gasteiger partial charge in [-0.05, 0) is 6.08 Å². The lowest BCUT2D eigenvalue weighted by Crippen LogP contribution is -2.21. The van der Waals surface area contributed by atoms with Crippen LogP contribution in [0, 0.1) is 0 Å². The number of phosphoric acid groups is 1. The van der Waals surface area contributed by atoms with Crippen molar-refractivity contribution in [3.05, 3.63) is 18.7 Å². The van der Waals surface area contributed by atoms with Crippen LogP contribution in [-0.4, -0.2) is 52.4 Å². The van der Waals surface area contributed by atoms with E-state index in [1.807, 2.05) is 0 Å². The van der Waals surface area contributed by atoms with Crippen LogP contribution >= 0.6 is 19.6 Å². The maximum absolute atomic E-state index is 10.7. The minimum atomic E-state index is -4.57. The van der Waals surface area contributed by atoms with Gasteiger partial charge in [-0.15, -0.1) is 0 Å². The number of hydrogen-bond donors (Lipinski definition) is 4. The van der Waals surface area contributed by atoms with E-state index in [-0.39, 0.29) is 12.4 Å². The zero-order valence-electron chi connectivity index (χ0n) is 11.0. The van der Waals surface area contributed by atoms with Crippen molar-refractivity contribution < 1.29 is 24.0 Å². The van der Waals surface area contributed by atoms with Crippen LogP contribution in [0.1, 0.15) is 0 Å². The van der Waals surface area contributed by atoms with Gasteiger partial charge in [0.25, 0.3) is 0 Å². The van der Waals surface area contributed by atoms with Crippen molar-refractivity contribution in [2.24, 2.45) is 0 Å². The summed E-state index contributed by atoms with van der Waals surface area (Å²) in [6.07, 6.45) is 3.43. The molecular weight excluding hydrogens is 333 g/mol. The Morgan fingerprint density at radius 2 is 2.18 bits per heavy atom. The fourth-order valence-corrected chi connectivity index (χ4v) is 3.56. The second-order valence-electron chi connectivity index (χ2n) is 4.48. The fraction of sp³-hybridized carbons (Fsp3) is 0.300. The smallest absolute Gasteiger partial charge is 0.388 e. The van der Waals surface area contributed by atoms with Crippen molar-refractivity contribution in [1.82, 2.24) is 19.5 Å². The van der Waals surface area contributed by atoms with Gasteiger partial charge in [0.15, 0.2) is 17.0 Å². The minimum absolute atomic E-state index is 0.245. The van der Waals surface area contributed by atoms with Gasteiger partial charge in [-0.3, -0.25) is 9.09 Å². The summed E-state index contributed by atoms with van der Waals surface area (Å²) in [7, 11) is -4.57. The van der Waals surface area contributed by atoms with E-state index in [2.05, 4.69) is 19.5 Å². The number of phosphoric ester groups is 1. The predicted molar refractivity (Wildman–Crippen MR) is 79.4 cm³/mol. The van der Waals surface area contributed by atoms with Gasteiger partial charge in [0.05, 0.1) is 23.0 Å². The summed E-state index contributed by atoms with van der Waals surface area (Å²) in [6, 6.07) is 0. The van der Waals surface area contributed by atoms with E-state index in [1.54, 1.807) is 4.57 Å². The summed E-state index contributed by atoms with van der Waals surface area (Å²) < 4.78 is 16.8. The monoisotopic (exact) mass is 345 g/mol. The molecule has 2 aromatic rings. The molecule has 0 amide bonds. The Morgan fingerprint density at radius 3 is 2.91 bits per heavy atom. The summed E-state index contributed by atoms with van der Waals surface area (Å²) in [6.45, 7) is -0.292. The number of hydrogen-bond acceptors (Lipinski definition) is 8. The lowest BCUT2D eigenvalue weighted by atomic mass is 10.2. The molecule has 0 fully saturated rings. The molecule has 0 saturated carbocycles. The van der Waals surface area contributed by atoms with Crippen LogP contribution in [0.25, 0.3) is 16.2 Å². The van der Waals surface area contributed by atoms with Crippen molar-refractivity contribution in [2.75, 3.05) is 12.3 Å². The third-order valence-corrected chi connectivity index (χ3v) is 4.75. The SMILES string of the molecule is Nc1ncnc2c1ncn2C1=C[C@H](O)[C@@H](COP(=O)(O)O)S1. The van der Waals surface area contributed by atoms with Crippen LogP contribution < -0.4 is 5.73 Å². The number of anilines is 1. The first-order valence-corrected chi connectivity index (χ1v) is 8.46. The molecule has 5 N–H and O–H groups in total. The van der Waals surface area contributed by atoms with Gasteiger partial charge in [-0.25, -0.2) is 19.5 Å². The summed E-state index contributed by atoms with van der Waals surface area (Å²) in [5.41, 5.74) is 6.63. The molecule has 1 aliphatic rings. The van der Waals surface area contributed by atoms with Crippen LogP contribution in [0.15, 0.2) is 18.7 Å². The number of thioether (sulfide) groups is 1. The van der Waals surface area contributed by atoms with Gasteiger partial charge in [-0.2, -0.15) is 0 Å². The highest BCUT2D eigenvalue weighted by Crippen LogP contribution is 2.42. The first-order chi connectivity index (χ1) is 10.3. The summed E-state index contributed by atoms with van der Waals surface area (Å²) in [4.78, 5) is 29.5. The summed E-state index contributed by atoms with van der Waals surface area (Å²) >= 11 is 1.20. The molecule has 0 spiro atoms. The molecule has 22 heavy (non-hydrogen) atoms. The van der Waals surface area contributed by atoms with E-state index in [1.165, 1.54) is 30.5 Å². The quantitative estimate of drug-likeness (QED) is 0.547. The number of imidazole rings is 1. The zero-order chi connectivity index (χ0) is 15.9. The predicted octanol–water partition coefficient (Wildman–Crippen LogP) is -0.208. The lowest BCUT2D eigenvalue weighted by molar-refractivity contribution is 0.157. The molecule has 0 saturated heterocycles. The number of nitrogen functional groups attached to an aromatic ring is 1. The van der Waals surface area contributed by atoms with E-state index in [0.717, 1.165) is 0 Å².